The van der Waals surface area contributed by atoms with Crippen molar-refractivity contribution in [2.75, 3.05) is 18.8 Å². The zero-order chi connectivity index (χ0) is 44.3. The van der Waals surface area contributed by atoms with E-state index in [-0.39, 0.29) is 42.6 Å². The zero-order valence-corrected chi connectivity index (χ0v) is 39.2. The molecule has 2 atom stereocenters. The topological polar surface area (TPSA) is 150 Å². The second-order valence-corrected chi connectivity index (χ2v) is 20.2. The van der Waals surface area contributed by atoms with E-state index < -0.39 is 48.6 Å². The largest absolute Gasteiger partial charge is 0.531 e. The SMILES string of the molecule is CCCCCN(CCCCC)C(=O)[C@H](CCC(=O)OC(C)(C)C)NC(=O)[C@H](Cc1ccc(OP(=O)(OC(C)(C)C)OC(C)(C)C)cc1)NC(=O)CSCc1ccccc1. The number of nitrogens with one attached hydrogen (secondary N) is 2. The summed E-state index contributed by atoms with van der Waals surface area (Å²) < 4.78 is 36.7. The molecule has 0 saturated carbocycles. The van der Waals surface area contributed by atoms with Gasteiger partial charge in [-0.1, -0.05) is 82.0 Å². The van der Waals surface area contributed by atoms with Gasteiger partial charge in [-0.25, -0.2) is 4.57 Å². The van der Waals surface area contributed by atoms with Crippen LogP contribution in [0.4, 0.5) is 0 Å². The van der Waals surface area contributed by atoms with Crippen LogP contribution in [0, 0.1) is 0 Å². The maximum atomic E-state index is 14.3. The van der Waals surface area contributed by atoms with Crippen molar-refractivity contribution in [3.8, 4) is 5.75 Å². The molecule has 0 aliphatic carbocycles. The minimum Gasteiger partial charge on any atom is -0.460 e. The summed E-state index contributed by atoms with van der Waals surface area (Å²) in [7, 11) is -4.07. The van der Waals surface area contributed by atoms with Crippen molar-refractivity contribution in [2.24, 2.45) is 0 Å². The molecule has 0 unspecified atom stereocenters. The number of ether oxygens (including phenoxy) is 1. The van der Waals surface area contributed by atoms with E-state index in [0.29, 0.717) is 24.4 Å². The lowest BCUT2D eigenvalue weighted by molar-refractivity contribution is -0.155. The summed E-state index contributed by atoms with van der Waals surface area (Å²) in [6.45, 7) is 21.1. The number of amides is 3. The molecule has 2 aromatic carbocycles. The Hall–Kier alpha value is -3.38. The number of carbonyl (C=O) groups excluding carboxylic acids is 4. The quantitative estimate of drug-likeness (QED) is 0.0562. The molecule has 2 N–H and O–H groups in total. The van der Waals surface area contributed by atoms with E-state index in [0.717, 1.165) is 44.1 Å². The highest BCUT2D eigenvalue weighted by molar-refractivity contribution is 7.99. The minimum absolute atomic E-state index is 0.0322. The number of hydrogen-bond donors (Lipinski definition) is 2. The number of rotatable bonds is 25. The summed E-state index contributed by atoms with van der Waals surface area (Å²) in [5, 5.41) is 5.84. The van der Waals surface area contributed by atoms with Gasteiger partial charge >= 0.3 is 13.8 Å². The van der Waals surface area contributed by atoms with Crippen molar-refractivity contribution in [1.82, 2.24) is 15.5 Å². The Balaban J connectivity index is 2.42. The second-order valence-electron chi connectivity index (χ2n) is 17.8. The summed E-state index contributed by atoms with van der Waals surface area (Å²) in [5.41, 5.74) is -0.631. The monoisotopic (exact) mass is 861 g/mol. The molecule has 0 radical (unpaired) electrons. The van der Waals surface area contributed by atoms with E-state index in [9.17, 15) is 23.7 Å². The van der Waals surface area contributed by atoms with E-state index in [1.165, 1.54) is 11.8 Å². The van der Waals surface area contributed by atoms with E-state index >= 15 is 0 Å². The molecule has 0 aliphatic heterocycles. The number of phosphoric acid groups is 1. The summed E-state index contributed by atoms with van der Waals surface area (Å²) >= 11 is 1.42. The van der Waals surface area contributed by atoms with Gasteiger partial charge in [-0.15, -0.1) is 11.8 Å². The Morgan fingerprint density at radius 2 is 1.27 bits per heavy atom. The van der Waals surface area contributed by atoms with Gasteiger partial charge in [-0.3, -0.25) is 28.2 Å². The highest BCUT2D eigenvalue weighted by Gasteiger charge is 2.39. The van der Waals surface area contributed by atoms with Gasteiger partial charge in [-0.05, 0) is 105 Å². The number of nitrogens with zero attached hydrogens (tertiary/aromatic N) is 1. The standard InChI is InChI=1S/C45H72N3O9PS/c1-12-14-19-29-48(30-20-15-13-2)42(52)37(27-28-40(50)54-43(3,4)5)47-41(51)38(46-39(49)33-59-32-35-21-17-16-18-22-35)31-34-23-25-36(26-24-34)55-58(53,56-44(6,7)8)57-45(9,10)11/h16-18,21-26,37-38H,12-15,19-20,27-33H2,1-11H3,(H,46,49)(H,47,51)/t37-,38-/m0/s1. The predicted octanol–water partition coefficient (Wildman–Crippen LogP) is 9.58. The molecule has 0 spiro atoms. The minimum atomic E-state index is -4.07. The van der Waals surface area contributed by atoms with Crippen LogP contribution in [0.2, 0.25) is 0 Å². The van der Waals surface area contributed by atoms with E-state index in [2.05, 4.69) is 24.5 Å². The van der Waals surface area contributed by atoms with Crippen molar-refractivity contribution < 1.29 is 42.1 Å². The van der Waals surface area contributed by atoms with Gasteiger partial charge in [0.15, 0.2) is 0 Å². The highest BCUT2D eigenvalue weighted by Crippen LogP contribution is 2.55. The van der Waals surface area contributed by atoms with E-state index in [4.69, 9.17) is 18.3 Å². The molecule has 332 valence electrons. The lowest BCUT2D eigenvalue weighted by Gasteiger charge is -2.30. The number of thioether (sulfide) groups is 1. The number of benzene rings is 2. The average Bonchev–Trinajstić information content (AvgIpc) is 3.11. The molecule has 2 aromatic rings. The second kappa shape index (κ2) is 24.8. The first-order chi connectivity index (χ1) is 27.5. The average molecular weight is 862 g/mol. The molecule has 3 amide bonds. The van der Waals surface area contributed by atoms with Crippen molar-refractivity contribution in [2.45, 2.75) is 169 Å². The van der Waals surface area contributed by atoms with Crippen molar-refractivity contribution in [3.05, 3.63) is 65.7 Å². The van der Waals surface area contributed by atoms with Crippen LogP contribution >= 0.6 is 19.6 Å². The number of phosphoric ester groups is 1. The van der Waals surface area contributed by atoms with E-state index in [1.54, 1.807) is 91.5 Å². The van der Waals surface area contributed by atoms with Crippen molar-refractivity contribution in [3.63, 3.8) is 0 Å². The maximum Gasteiger partial charge on any atom is 0.531 e. The Labute approximate surface area is 358 Å². The van der Waals surface area contributed by atoms with Crippen LogP contribution in [0.3, 0.4) is 0 Å². The molecular weight excluding hydrogens is 790 g/mol. The van der Waals surface area contributed by atoms with Crippen molar-refractivity contribution >= 4 is 43.3 Å². The molecule has 14 heteroatoms. The number of unbranched alkanes of at least 4 members (excludes halogenated alkanes) is 4. The fraction of sp³-hybridized carbons (Fsp3) is 0.644. The molecule has 2 rings (SSSR count). The number of esters is 1. The summed E-state index contributed by atoms with van der Waals surface area (Å²) in [5.74, 6) is -0.694. The van der Waals surface area contributed by atoms with Crippen LogP contribution in [0.1, 0.15) is 139 Å². The third-order valence-electron chi connectivity index (χ3n) is 8.39. The molecule has 59 heavy (non-hydrogen) atoms. The normalized spacial score (nSPS) is 13.3. The maximum absolute atomic E-state index is 14.3. The first-order valence-electron chi connectivity index (χ1n) is 21.0. The van der Waals surface area contributed by atoms with Gasteiger partial charge in [0.25, 0.3) is 0 Å². The lowest BCUT2D eigenvalue weighted by atomic mass is 10.0. The zero-order valence-electron chi connectivity index (χ0n) is 37.5. The van der Waals surface area contributed by atoms with Crippen LogP contribution in [0.5, 0.6) is 5.75 Å². The third kappa shape index (κ3) is 22.7. The fourth-order valence-corrected chi connectivity index (χ4v) is 8.53. The summed E-state index contributed by atoms with van der Waals surface area (Å²) in [4.78, 5) is 56.7. The first-order valence-corrected chi connectivity index (χ1v) is 23.6. The first kappa shape index (κ1) is 51.8. The van der Waals surface area contributed by atoms with E-state index in [1.807, 2.05) is 30.3 Å². The number of hydrogen-bond acceptors (Lipinski definition) is 10. The van der Waals surface area contributed by atoms with Gasteiger partial charge in [-0.2, -0.15) is 0 Å². The molecular formula is C45H72N3O9PS. The molecule has 0 saturated heterocycles. The number of carbonyl (C=O) groups is 4. The Kier molecular flexibility index (Phi) is 21.7. The van der Waals surface area contributed by atoms with Gasteiger partial charge < -0.3 is 24.8 Å². The third-order valence-corrected chi connectivity index (χ3v) is 11.4. The Morgan fingerprint density at radius 3 is 1.78 bits per heavy atom. The fourth-order valence-electron chi connectivity index (χ4n) is 5.90. The van der Waals surface area contributed by atoms with Gasteiger partial charge in [0, 0.05) is 31.7 Å². The molecule has 0 bridgehead atoms. The van der Waals surface area contributed by atoms with Crippen LogP contribution in [-0.4, -0.2) is 76.3 Å². The van der Waals surface area contributed by atoms with Crippen LogP contribution in [0.15, 0.2) is 54.6 Å². The highest BCUT2D eigenvalue weighted by atomic mass is 32.2. The van der Waals surface area contributed by atoms with Crippen LogP contribution < -0.4 is 15.2 Å². The summed E-state index contributed by atoms with van der Waals surface area (Å²) in [6.07, 6.45) is 5.55. The van der Waals surface area contributed by atoms with Gasteiger partial charge in [0.05, 0.1) is 17.0 Å². The molecule has 0 heterocycles. The Morgan fingerprint density at radius 1 is 0.712 bits per heavy atom. The van der Waals surface area contributed by atoms with Gasteiger partial charge in [0.1, 0.15) is 23.4 Å². The Bertz CT molecular complexity index is 1610. The van der Waals surface area contributed by atoms with Crippen LogP contribution in [-0.2, 0) is 49.7 Å². The van der Waals surface area contributed by atoms with Crippen molar-refractivity contribution in [1.29, 1.82) is 0 Å². The molecule has 0 aliphatic rings. The molecule has 0 aromatic heterocycles. The smallest absolute Gasteiger partial charge is 0.460 e. The molecule has 12 nitrogen and oxygen atoms in total. The lowest BCUT2D eigenvalue weighted by Crippen LogP contribution is -2.55. The summed E-state index contributed by atoms with van der Waals surface area (Å²) in [6, 6.07) is 14.3. The van der Waals surface area contributed by atoms with Crippen LogP contribution in [0.25, 0.3) is 0 Å². The predicted molar refractivity (Wildman–Crippen MR) is 237 cm³/mol. The molecule has 0 fully saturated rings. The van der Waals surface area contributed by atoms with Gasteiger partial charge in [0.2, 0.25) is 17.7 Å².